The molecule has 0 fully saturated rings. The topological polar surface area (TPSA) is 34.4 Å². The Morgan fingerprint density at radius 2 is 2.16 bits per heavy atom. The number of hydrogen-bond donors (Lipinski definition) is 1. The van der Waals surface area contributed by atoms with E-state index in [-0.39, 0.29) is 0 Å². The van der Waals surface area contributed by atoms with Crippen LogP contribution in [-0.2, 0) is 17.9 Å². The first-order valence-electron chi connectivity index (χ1n) is 6.58. The molecule has 0 unspecified atom stereocenters. The fourth-order valence-corrected chi connectivity index (χ4v) is 2.03. The fourth-order valence-electron chi connectivity index (χ4n) is 2.03. The Kier molecular flexibility index (Phi) is 4.77. The molecule has 2 aromatic rings. The lowest BCUT2D eigenvalue weighted by Gasteiger charge is -2.05. The van der Waals surface area contributed by atoms with Crippen LogP contribution in [0.5, 0.6) is 0 Å². The summed E-state index contributed by atoms with van der Waals surface area (Å²) >= 11 is 0. The Hall–Kier alpha value is -1.58. The van der Waals surface area contributed by atoms with Crippen LogP contribution in [0.4, 0.5) is 0 Å². The normalized spacial score (nSPS) is 11.1. The number of para-hydroxylation sites is 1. The van der Waals surface area contributed by atoms with Crippen molar-refractivity contribution in [1.82, 2.24) is 5.32 Å². The van der Waals surface area contributed by atoms with E-state index in [0.717, 1.165) is 34.3 Å². The smallest absolute Gasteiger partial charge is 0.134 e. The van der Waals surface area contributed by atoms with Crippen LogP contribution in [0, 0.1) is 0 Å². The minimum Gasteiger partial charge on any atom is -0.459 e. The van der Waals surface area contributed by atoms with Gasteiger partial charge in [0.1, 0.15) is 11.3 Å². The first kappa shape index (κ1) is 13.8. The Morgan fingerprint density at radius 3 is 2.89 bits per heavy atom. The Balaban J connectivity index is 2.14. The average Bonchev–Trinajstić information content (AvgIpc) is 2.73. The summed E-state index contributed by atoms with van der Waals surface area (Å²) in [6.45, 7) is 7.90. The summed E-state index contributed by atoms with van der Waals surface area (Å²) < 4.78 is 11.6. The zero-order chi connectivity index (χ0) is 13.7. The molecule has 0 radical (unpaired) electrons. The second-order valence-electron chi connectivity index (χ2n) is 4.79. The summed E-state index contributed by atoms with van der Waals surface area (Å²) in [4.78, 5) is 0. The molecule has 0 aliphatic carbocycles. The average molecular weight is 259 g/mol. The molecule has 0 aliphatic heterocycles. The van der Waals surface area contributed by atoms with Gasteiger partial charge in [-0.1, -0.05) is 23.8 Å². The van der Waals surface area contributed by atoms with Crippen molar-refractivity contribution in [3.8, 4) is 0 Å². The van der Waals surface area contributed by atoms with E-state index in [0.29, 0.717) is 19.8 Å². The molecule has 0 amide bonds. The van der Waals surface area contributed by atoms with Gasteiger partial charge >= 0.3 is 0 Å². The van der Waals surface area contributed by atoms with Crippen molar-refractivity contribution in [2.45, 2.75) is 26.5 Å². The van der Waals surface area contributed by atoms with Gasteiger partial charge in [0.05, 0.1) is 19.8 Å². The number of hydrogen-bond acceptors (Lipinski definition) is 3. The molecule has 3 nitrogen and oxygen atoms in total. The summed E-state index contributed by atoms with van der Waals surface area (Å²) in [5, 5.41) is 4.27. The summed E-state index contributed by atoms with van der Waals surface area (Å²) in [6, 6.07) is 8.08. The first-order valence-corrected chi connectivity index (χ1v) is 6.58. The zero-order valence-electron chi connectivity index (χ0n) is 11.7. The van der Waals surface area contributed by atoms with Crippen molar-refractivity contribution >= 4 is 11.0 Å². The van der Waals surface area contributed by atoms with Gasteiger partial charge in [-0.25, -0.2) is 0 Å². The van der Waals surface area contributed by atoms with Crippen molar-refractivity contribution in [3.05, 3.63) is 47.7 Å². The van der Waals surface area contributed by atoms with Crippen LogP contribution in [0.25, 0.3) is 11.0 Å². The minimum atomic E-state index is 0.585. The lowest BCUT2D eigenvalue weighted by atomic mass is 10.1. The molecule has 1 N–H and O–H groups in total. The molecule has 2 rings (SSSR count). The van der Waals surface area contributed by atoms with Crippen molar-refractivity contribution in [2.75, 3.05) is 13.7 Å². The number of fused-ring (bicyclic) bond motifs is 1. The maximum atomic E-state index is 5.86. The number of ether oxygens (including phenoxy) is 1. The van der Waals surface area contributed by atoms with E-state index in [1.165, 1.54) is 0 Å². The number of nitrogens with one attached hydrogen (secondary N) is 1. The highest BCUT2D eigenvalue weighted by Crippen LogP contribution is 2.26. The molecule has 0 spiro atoms. The van der Waals surface area contributed by atoms with Crippen LogP contribution in [0.3, 0.4) is 0 Å². The van der Waals surface area contributed by atoms with Gasteiger partial charge in [-0.15, -0.1) is 6.58 Å². The maximum absolute atomic E-state index is 5.86. The van der Waals surface area contributed by atoms with E-state index in [1.807, 2.05) is 32.2 Å². The predicted octanol–water partition coefficient (Wildman–Crippen LogP) is 3.64. The second-order valence-corrected chi connectivity index (χ2v) is 4.79. The zero-order valence-corrected chi connectivity index (χ0v) is 11.7. The van der Waals surface area contributed by atoms with Crippen LogP contribution in [0.2, 0.25) is 0 Å². The maximum Gasteiger partial charge on any atom is 0.134 e. The molecule has 1 heterocycles. The molecule has 3 heteroatoms. The minimum absolute atomic E-state index is 0.585. The Morgan fingerprint density at radius 1 is 1.37 bits per heavy atom. The van der Waals surface area contributed by atoms with Crippen LogP contribution < -0.4 is 5.32 Å². The van der Waals surface area contributed by atoms with E-state index in [2.05, 4.69) is 18.0 Å². The van der Waals surface area contributed by atoms with Crippen LogP contribution in [0.1, 0.15) is 24.7 Å². The van der Waals surface area contributed by atoms with Crippen molar-refractivity contribution in [3.63, 3.8) is 0 Å². The van der Waals surface area contributed by atoms with Gasteiger partial charge in [-0.3, -0.25) is 0 Å². The molecule has 102 valence electrons. The molecule has 1 aromatic carbocycles. The van der Waals surface area contributed by atoms with Crippen molar-refractivity contribution < 1.29 is 9.15 Å². The molecule has 19 heavy (non-hydrogen) atoms. The lowest BCUT2D eigenvalue weighted by Crippen LogP contribution is -2.07. The molecular weight excluding hydrogens is 238 g/mol. The number of furan rings is 1. The quantitative estimate of drug-likeness (QED) is 0.609. The monoisotopic (exact) mass is 259 g/mol. The van der Waals surface area contributed by atoms with Crippen LogP contribution in [0.15, 0.2) is 40.8 Å². The third kappa shape index (κ3) is 3.46. The largest absolute Gasteiger partial charge is 0.459 e. The summed E-state index contributed by atoms with van der Waals surface area (Å²) in [7, 11) is 1.92. The highest BCUT2D eigenvalue weighted by molar-refractivity contribution is 5.82. The van der Waals surface area contributed by atoms with Crippen molar-refractivity contribution in [1.29, 1.82) is 0 Å². The van der Waals surface area contributed by atoms with Gasteiger partial charge in [0.15, 0.2) is 0 Å². The van der Waals surface area contributed by atoms with Gasteiger partial charge in [-0.2, -0.15) is 0 Å². The molecule has 0 saturated heterocycles. The summed E-state index contributed by atoms with van der Waals surface area (Å²) in [6.07, 6.45) is 0.900. The van der Waals surface area contributed by atoms with Gasteiger partial charge in [0.2, 0.25) is 0 Å². The van der Waals surface area contributed by atoms with Gasteiger partial charge < -0.3 is 14.5 Å². The molecule has 1 aromatic heterocycles. The second kappa shape index (κ2) is 6.55. The van der Waals surface area contributed by atoms with Gasteiger partial charge in [0, 0.05) is 10.9 Å². The SMILES string of the molecule is C=C(C)CCOCc1c(CNC)oc2ccccc12. The van der Waals surface area contributed by atoms with Crippen LogP contribution >= 0.6 is 0 Å². The fraction of sp³-hybridized carbons (Fsp3) is 0.375. The van der Waals surface area contributed by atoms with Gasteiger partial charge in [-0.05, 0) is 26.5 Å². The third-order valence-corrected chi connectivity index (χ3v) is 3.04. The van der Waals surface area contributed by atoms with E-state index in [1.54, 1.807) is 0 Å². The van der Waals surface area contributed by atoms with Crippen molar-refractivity contribution in [2.24, 2.45) is 0 Å². The summed E-state index contributed by atoms with van der Waals surface area (Å²) in [5.74, 6) is 0.957. The van der Waals surface area contributed by atoms with E-state index in [9.17, 15) is 0 Å². The Labute approximate surface area is 114 Å². The van der Waals surface area contributed by atoms with Crippen LogP contribution in [-0.4, -0.2) is 13.7 Å². The molecule has 0 atom stereocenters. The summed E-state index contributed by atoms with van der Waals surface area (Å²) in [5.41, 5.74) is 3.21. The third-order valence-electron chi connectivity index (χ3n) is 3.04. The van der Waals surface area contributed by atoms with E-state index in [4.69, 9.17) is 9.15 Å². The predicted molar refractivity (Wildman–Crippen MR) is 78.1 cm³/mol. The highest BCUT2D eigenvalue weighted by Gasteiger charge is 2.13. The lowest BCUT2D eigenvalue weighted by molar-refractivity contribution is 0.123. The molecule has 0 bridgehead atoms. The molecule has 0 saturated carbocycles. The number of benzene rings is 1. The Bertz CT molecular complexity index is 557. The highest BCUT2D eigenvalue weighted by atomic mass is 16.5. The first-order chi connectivity index (χ1) is 9.22. The standard InChI is InChI=1S/C16H21NO2/c1-12(2)8-9-18-11-14-13-6-4-5-7-15(13)19-16(14)10-17-3/h4-7,17H,1,8-11H2,2-3H3. The molecular formula is C16H21NO2. The molecule has 0 aliphatic rings. The van der Waals surface area contributed by atoms with E-state index < -0.39 is 0 Å². The van der Waals surface area contributed by atoms with Gasteiger partial charge in [0.25, 0.3) is 0 Å². The number of rotatable bonds is 7. The van der Waals surface area contributed by atoms with E-state index >= 15 is 0 Å².